The van der Waals surface area contributed by atoms with Gasteiger partial charge in [0.15, 0.2) is 0 Å². The number of rotatable bonds is 5. The average molecular weight is 274 g/mol. The molecule has 1 aliphatic carbocycles. The maximum absolute atomic E-state index is 9.33. The maximum atomic E-state index is 9.33. The van der Waals surface area contributed by atoms with Crippen LogP contribution < -0.4 is 5.32 Å². The van der Waals surface area contributed by atoms with Crippen molar-refractivity contribution in [2.24, 2.45) is 5.92 Å². The fourth-order valence-electron chi connectivity index (χ4n) is 3.41. The van der Waals surface area contributed by atoms with E-state index in [9.17, 15) is 5.11 Å². The first-order valence-electron chi connectivity index (χ1n) is 7.97. The van der Waals surface area contributed by atoms with Crippen molar-refractivity contribution in [2.45, 2.75) is 44.4 Å². The minimum absolute atomic E-state index is 0.0252. The van der Waals surface area contributed by atoms with Crippen LogP contribution in [-0.2, 0) is 6.54 Å². The van der Waals surface area contributed by atoms with Gasteiger partial charge in [0.25, 0.3) is 0 Å². The normalized spacial score (nSPS) is 30.9. The average Bonchev–Trinajstić information content (AvgIpc) is 2.44. The summed E-state index contributed by atoms with van der Waals surface area (Å²) in [6, 6.07) is 11.4. The minimum Gasteiger partial charge on any atom is -0.393 e. The zero-order valence-electron chi connectivity index (χ0n) is 12.2. The van der Waals surface area contributed by atoms with E-state index >= 15 is 0 Å². The molecule has 2 aliphatic rings. The van der Waals surface area contributed by atoms with Crippen LogP contribution in [0.15, 0.2) is 30.3 Å². The maximum Gasteiger partial charge on any atom is 0.0546 e. The van der Waals surface area contributed by atoms with Gasteiger partial charge in [0.05, 0.1) is 6.10 Å². The number of nitrogens with one attached hydrogen (secondary N) is 1. The summed E-state index contributed by atoms with van der Waals surface area (Å²) in [4.78, 5) is 2.56. The van der Waals surface area contributed by atoms with Gasteiger partial charge < -0.3 is 10.4 Å². The second kappa shape index (κ2) is 6.70. The van der Waals surface area contributed by atoms with E-state index in [0.29, 0.717) is 12.0 Å². The molecule has 1 aliphatic heterocycles. The summed E-state index contributed by atoms with van der Waals surface area (Å²) in [5.41, 5.74) is 1.41. The van der Waals surface area contributed by atoms with Gasteiger partial charge >= 0.3 is 0 Å². The molecule has 1 heterocycles. The van der Waals surface area contributed by atoms with Crippen LogP contribution in [0.5, 0.6) is 0 Å². The molecule has 0 spiro atoms. The van der Waals surface area contributed by atoms with Crippen LogP contribution in [0.3, 0.4) is 0 Å². The van der Waals surface area contributed by atoms with Crippen molar-refractivity contribution >= 4 is 0 Å². The number of hydrogen-bond donors (Lipinski definition) is 2. The van der Waals surface area contributed by atoms with Gasteiger partial charge in [-0.3, -0.25) is 4.90 Å². The number of piperidine rings is 1. The summed E-state index contributed by atoms with van der Waals surface area (Å²) < 4.78 is 0. The van der Waals surface area contributed by atoms with Crippen LogP contribution in [0.4, 0.5) is 0 Å². The smallest absolute Gasteiger partial charge is 0.0546 e. The number of aliphatic hydroxyl groups excluding tert-OH is 1. The molecule has 3 heteroatoms. The molecule has 1 saturated carbocycles. The van der Waals surface area contributed by atoms with Crippen LogP contribution in [0, 0.1) is 5.92 Å². The van der Waals surface area contributed by atoms with Gasteiger partial charge in [-0.25, -0.2) is 0 Å². The summed E-state index contributed by atoms with van der Waals surface area (Å²) in [6.45, 7) is 4.53. The second-order valence-electron chi connectivity index (χ2n) is 6.46. The number of hydrogen-bond acceptors (Lipinski definition) is 3. The third-order valence-electron chi connectivity index (χ3n) is 4.66. The molecule has 0 bridgehead atoms. The van der Waals surface area contributed by atoms with Gasteiger partial charge in [0, 0.05) is 19.1 Å². The zero-order valence-corrected chi connectivity index (χ0v) is 12.2. The molecule has 1 aromatic carbocycles. The first-order valence-corrected chi connectivity index (χ1v) is 7.97. The Bertz CT molecular complexity index is 403. The second-order valence-corrected chi connectivity index (χ2v) is 6.46. The molecule has 3 nitrogen and oxygen atoms in total. The predicted octanol–water partition coefficient (Wildman–Crippen LogP) is 2.01. The molecular formula is C17H26N2O. The molecule has 2 fully saturated rings. The predicted molar refractivity (Wildman–Crippen MR) is 81.5 cm³/mol. The van der Waals surface area contributed by atoms with E-state index in [1.807, 2.05) is 0 Å². The van der Waals surface area contributed by atoms with E-state index in [4.69, 9.17) is 0 Å². The van der Waals surface area contributed by atoms with Crippen LogP contribution in [0.1, 0.15) is 31.2 Å². The Morgan fingerprint density at radius 1 is 1.20 bits per heavy atom. The van der Waals surface area contributed by atoms with Gasteiger partial charge in [-0.15, -0.1) is 0 Å². The molecule has 1 unspecified atom stereocenters. The van der Waals surface area contributed by atoms with Crippen molar-refractivity contribution in [1.29, 1.82) is 0 Å². The topological polar surface area (TPSA) is 35.5 Å². The first kappa shape index (κ1) is 14.1. The van der Waals surface area contributed by atoms with Crippen molar-refractivity contribution < 1.29 is 5.11 Å². The first-order chi connectivity index (χ1) is 9.79. The lowest BCUT2D eigenvalue weighted by Gasteiger charge is -2.36. The largest absolute Gasteiger partial charge is 0.393 e. The lowest BCUT2D eigenvalue weighted by molar-refractivity contribution is 0.0400. The van der Waals surface area contributed by atoms with Gasteiger partial charge in [-0.2, -0.15) is 0 Å². The van der Waals surface area contributed by atoms with E-state index in [1.165, 1.54) is 24.9 Å². The van der Waals surface area contributed by atoms with Crippen LogP contribution in [0.2, 0.25) is 0 Å². The number of benzene rings is 1. The lowest BCUT2D eigenvalue weighted by Crippen LogP contribution is -2.48. The standard InChI is InChI=1S/C17H26N2O/c20-17-9-15(10-17)11-18-16-7-4-8-19(13-16)12-14-5-2-1-3-6-14/h1-3,5-6,15-18,20H,4,7-13H2. The third kappa shape index (κ3) is 3.81. The highest BCUT2D eigenvalue weighted by atomic mass is 16.3. The van der Waals surface area contributed by atoms with Crippen molar-refractivity contribution in [3.8, 4) is 0 Å². The number of aliphatic hydroxyl groups is 1. The summed E-state index contributed by atoms with van der Waals surface area (Å²) in [7, 11) is 0. The fourth-order valence-corrected chi connectivity index (χ4v) is 3.41. The molecule has 1 aromatic rings. The molecular weight excluding hydrogens is 248 g/mol. The zero-order chi connectivity index (χ0) is 13.8. The Labute approximate surface area is 122 Å². The van der Waals surface area contributed by atoms with Gasteiger partial charge in [-0.1, -0.05) is 30.3 Å². The molecule has 1 atom stereocenters. The van der Waals surface area contributed by atoms with Crippen molar-refractivity contribution in [3.05, 3.63) is 35.9 Å². The van der Waals surface area contributed by atoms with Crippen molar-refractivity contribution in [1.82, 2.24) is 10.2 Å². The van der Waals surface area contributed by atoms with Crippen molar-refractivity contribution in [3.63, 3.8) is 0 Å². The molecule has 0 radical (unpaired) electrons. The molecule has 0 aromatic heterocycles. The molecule has 20 heavy (non-hydrogen) atoms. The minimum atomic E-state index is -0.0252. The molecule has 2 N–H and O–H groups in total. The highest BCUT2D eigenvalue weighted by molar-refractivity contribution is 5.14. The fraction of sp³-hybridized carbons (Fsp3) is 0.647. The van der Waals surface area contributed by atoms with E-state index in [0.717, 1.165) is 32.5 Å². The van der Waals surface area contributed by atoms with Gasteiger partial charge in [0.2, 0.25) is 0 Å². The van der Waals surface area contributed by atoms with E-state index in [-0.39, 0.29) is 6.10 Å². The monoisotopic (exact) mass is 274 g/mol. The molecule has 3 rings (SSSR count). The summed E-state index contributed by atoms with van der Waals surface area (Å²) in [6.07, 6.45) is 4.54. The lowest BCUT2D eigenvalue weighted by atomic mass is 9.82. The van der Waals surface area contributed by atoms with Crippen LogP contribution in [-0.4, -0.2) is 41.8 Å². The highest BCUT2D eigenvalue weighted by Crippen LogP contribution is 2.26. The summed E-state index contributed by atoms with van der Waals surface area (Å²) in [5, 5.41) is 13.0. The summed E-state index contributed by atoms with van der Waals surface area (Å²) in [5.74, 6) is 0.703. The van der Waals surface area contributed by atoms with Gasteiger partial charge in [-0.05, 0) is 50.3 Å². The Kier molecular flexibility index (Phi) is 4.71. The highest BCUT2D eigenvalue weighted by Gasteiger charge is 2.28. The number of nitrogens with zero attached hydrogens (tertiary/aromatic N) is 1. The Hall–Kier alpha value is -0.900. The Morgan fingerprint density at radius 2 is 2.00 bits per heavy atom. The van der Waals surface area contributed by atoms with Crippen LogP contribution >= 0.6 is 0 Å². The molecule has 1 saturated heterocycles. The Morgan fingerprint density at radius 3 is 2.75 bits per heavy atom. The molecule has 0 amide bonds. The van der Waals surface area contributed by atoms with E-state index in [1.54, 1.807) is 0 Å². The van der Waals surface area contributed by atoms with Crippen molar-refractivity contribution in [2.75, 3.05) is 19.6 Å². The van der Waals surface area contributed by atoms with E-state index < -0.39 is 0 Å². The number of likely N-dealkylation sites (tertiary alicyclic amines) is 1. The Balaban J connectivity index is 1.42. The van der Waals surface area contributed by atoms with E-state index in [2.05, 4.69) is 40.5 Å². The van der Waals surface area contributed by atoms with Crippen LogP contribution in [0.25, 0.3) is 0 Å². The quantitative estimate of drug-likeness (QED) is 0.862. The van der Waals surface area contributed by atoms with Gasteiger partial charge in [0.1, 0.15) is 0 Å². The molecule has 110 valence electrons. The summed E-state index contributed by atoms with van der Waals surface area (Å²) >= 11 is 0. The third-order valence-corrected chi connectivity index (χ3v) is 4.66. The SMILES string of the molecule is OC1CC(CNC2CCCN(Cc3ccccc3)C2)C1.